The molecule has 1 atom stereocenters. The second kappa shape index (κ2) is 11.3. The summed E-state index contributed by atoms with van der Waals surface area (Å²) >= 11 is 0. The third-order valence-electron chi connectivity index (χ3n) is 6.54. The van der Waals surface area contributed by atoms with E-state index in [0.717, 1.165) is 22.6 Å². The van der Waals surface area contributed by atoms with Gasteiger partial charge in [0.25, 0.3) is 11.8 Å². The average Bonchev–Trinajstić information content (AvgIpc) is 3.42. The van der Waals surface area contributed by atoms with Crippen LogP contribution in [0.2, 0.25) is 0 Å². The van der Waals surface area contributed by atoms with Gasteiger partial charge in [0.15, 0.2) is 6.61 Å². The van der Waals surface area contributed by atoms with Gasteiger partial charge in [0, 0.05) is 19.5 Å². The maximum atomic E-state index is 13.4. The number of hydrazone groups is 1. The Morgan fingerprint density at radius 1 is 0.946 bits per heavy atom. The summed E-state index contributed by atoms with van der Waals surface area (Å²) in [5, 5.41) is 6.20. The zero-order valence-corrected chi connectivity index (χ0v) is 20.7. The molecule has 1 fully saturated rings. The van der Waals surface area contributed by atoms with Gasteiger partial charge >= 0.3 is 0 Å². The summed E-state index contributed by atoms with van der Waals surface area (Å²) in [5.41, 5.74) is 3.18. The lowest BCUT2D eigenvalue weighted by molar-refractivity contribution is -0.135. The molecule has 37 heavy (non-hydrogen) atoms. The van der Waals surface area contributed by atoms with Gasteiger partial charge in [0.1, 0.15) is 11.5 Å². The number of benzene rings is 3. The fourth-order valence-corrected chi connectivity index (χ4v) is 4.54. The SMILES string of the molecule is COc1ccc(C2CC(c3ccccc3)=NN2C(=O)COc2ccccc2C(=O)N2CCOCC2)cc1. The van der Waals surface area contributed by atoms with Crippen LogP contribution in [0.1, 0.15) is 33.9 Å². The molecule has 190 valence electrons. The minimum Gasteiger partial charge on any atom is -0.497 e. The number of amides is 2. The number of ether oxygens (including phenoxy) is 3. The number of methoxy groups -OCH3 is 1. The first-order valence-corrected chi connectivity index (χ1v) is 12.3. The van der Waals surface area contributed by atoms with Gasteiger partial charge in [-0.3, -0.25) is 9.59 Å². The molecular formula is C29H29N3O5. The minimum atomic E-state index is -0.291. The predicted molar refractivity (Wildman–Crippen MR) is 139 cm³/mol. The standard InChI is InChI=1S/C29H29N3O5/c1-35-23-13-11-22(12-14-23)26-19-25(21-7-3-2-4-8-21)30-32(26)28(33)20-37-27-10-6-5-9-24(27)29(34)31-15-17-36-18-16-31/h2-14,26H,15-20H2,1H3. The lowest BCUT2D eigenvalue weighted by Gasteiger charge is -2.27. The van der Waals surface area contributed by atoms with E-state index in [0.29, 0.717) is 44.0 Å². The Hall–Kier alpha value is -4.17. The highest BCUT2D eigenvalue weighted by Crippen LogP contribution is 2.34. The van der Waals surface area contributed by atoms with Crippen molar-refractivity contribution in [3.8, 4) is 11.5 Å². The van der Waals surface area contributed by atoms with Gasteiger partial charge in [0.05, 0.1) is 37.6 Å². The van der Waals surface area contributed by atoms with Gasteiger partial charge < -0.3 is 19.1 Å². The Morgan fingerprint density at radius 3 is 2.38 bits per heavy atom. The number of para-hydroxylation sites is 1. The van der Waals surface area contributed by atoms with Gasteiger partial charge in [-0.1, -0.05) is 54.6 Å². The largest absolute Gasteiger partial charge is 0.497 e. The van der Waals surface area contributed by atoms with Crippen LogP contribution in [0.5, 0.6) is 11.5 Å². The lowest BCUT2D eigenvalue weighted by Crippen LogP contribution is -2.40. The summed E-state index contributed by atoms with van der Waals surface area (Å²) < 4.78 is 16.6. The Morgan fingerprint density at radius 2 is 1.65 bits per heavy atom. The fraction of sp³-hybridized carbons (Fsp3) is 0.276. The smallest absolute Gasteiger partial charge is 0.281 e. The minimum absolute atomic E-state index is 0.131. The summed E-state index contributed by atoms with van der Waals surface area (Å²) in [4.78, 5) is 28.3. The molecule has 0 spiro atoms. The average molecular weight is 500 g/mol. The molecule has 0 bridgehead atoms. The summed E-state index contributed by atoms with van der Waals surface area (Å²) in [7, 11) is 1.62. The molecule has 0 saturated carbocycles. The normalized spacial score (nSPS) is 17.3. The van der Waals surface area contributed by atoms with Gasteiger partial charge in [-0.2, -0.15) is 5.10 Å². The van der Waals surface area contributed by atoms with E-state index in [1.165, 1.54) is 5.01 Å². The highest BCUT2D eigenvalue weighted by Gasteiger charge is 2.33. The molecule has 0 radical (unpaired) electrons. The van der Waals surface area contributed by atoms with E-state index in [1.54, 1.807) is 36.3 Å². The Labute approximate surface area is 216 Å². The first kappa shape index (κ1) is 24.5. The number of carbonyl (C=O) groups is 2. The molecule has 3 aromatic carbocycles. The van der Waals surface area contributed by atoms with Crippen LogP contribution in [0.25, 0.3) is 0 Å². The van der Waals surface area contributed by atoms with Crippen LogP contribution in [-0.2, 0) is 9.53 Å². The zero-order chi connectivity index (χ0) is 25.6. The van der Waals surface area contributed by atoms with Crippen molar-refractivity contribution in [2.24, 2.45) is 5.10 Å². The summed E-state index contributed by atoms with van der Waals surface area (Å²) in [6, 6.07) is 24.2. The predicted octanol–water partition coefficient (Wildman–Crippen LogP) is 3.92. The fourth-order valence-electron chi connectivity index (χ4n) is 4.54. The second-order valence-electron chi connectivity index (χ2n) is 8.83. The van der Waals surface area contributed by atoms with E-state index in [4.69, 9.17) is 19.3 Å². The highest BCUT2D eigenvalue weighted by molar-refractivity contribution is 6.03. The number of hydrogen-bond acceptors (Lipinski definition) is 6. The number of carbonyl (C=O) groups excluding carboxylic acids is 2. The molecule has 0 N–H and O–H groups in total. The Kier molecular flexibility index (Phi) is 7.46. The van der Waals surface area contributed by atoms with Crippen molar-refractivity contribution in [1.29, 1.82) is 0 Å². The van der Waals surface area contributed by atoms with Crippen LogP contribution >= 0.6 is 0 Å². The number of hydrogen-bond donors (Lipinski definition) is 0. The molecule has 1 unspecified atom stereocenters. The number of morpholine rings is 1. The molecule has 2 aliphatic heterocycles. The van der Waals surface area contributed by atoms with Gasteiger partial charge in [-0.05, 0) is 35.4 Å². The van der Waals surface area contributed by atoms with Crippen molar-refractivity contribution in [3.63, 3.8) is 0 Å². The Balaban J connectivity index is 1.35. The highest BCUT2D eigenvalue weighted by atomic mass is 16.5. The third kappa shape index (κ3) is 5.49. The van der Waals surface area contributed by atoms with Crippen molar-refractivity contribution in [2.75, 3.05) is 40.0 Å². The second-order valence-corrected chi connectivity index (χ2v) is 8.83. The molecule has 1 saturated heterocycles. The van der Waals surface area contributed by atoms with Crippen LogP contribution in [0.15, 0.2) is 84.0 Å². The molecule has 0 aromatic heterocycles. The number of nitrogens with zero attached hydrogens (tertiary/aromatic N) is 3. The quantitative estimate of drug-likeness (QED) is 0.492. The van der Waals surface area contributed by atoms with Crippen LogP contribution in [0, 0.1) is 0 Å². The third-order valence-corrected chi connectivity index (χ3v) is 6.54. The van der Waals surface area contributed by atoms with Crippen LogP contribution in [-0.4, -0.2) is 67.5 Å². The van der Waals surface area contributed by atoms with E-state index in [-0.39, 0.29) is 24.5 Å². The Bertz CT molecular complexity index is 1270. The zero-order valence-electron chi connectivity index (χ0n) is 20.7. The van der Waals surface area contributed by atoms with E-state index in [2.05, 4.69) is 0 Å². The summed E-state index contributed by atoms with van der Waals surface area (Å²) in [6.45, 7) is 1.83. The first-order chi connectivity index (χ1) is 18.1. The molecule has 2 aliphatic rings. The van der Waals surface area contributed by atoms with E-state index in [1.807, 2.05) is 54.6 Å². The van der Waals surface area contributed by atoms with Crippen LogP contribution in [0.3, 0.4) is 0 Å². The maximum absolute atomic E-state index is 13.4. The van der Waals surface area contributed by atoms with E-state index in [9.17, 15) is 9.59 Å². The van der Waals surface area contributed by atoms with Gasteiger partial charge in [-0.15, -0.1) is 0 Å². The molecule has 8 nitrogen and oxygen atoms in total. The van der Waals surface area contributed by atoms with Gasteiger partial charge in [-0.25, -0.2) is 5.01 Å². The lowest BCUT2D eigenvalue weighted by atomic mass is 9.98. The summed E-state index contributed by atoms with van der Waals surface area (Å²) in [5.74, 6) is 0.696. The van der Waals surface area contributed by atoms with Crippen molar-refractivity contribution in [1.82, 2.24) is 9.91 Å². The molecular weight excluding hydrogens is 470 g/mol. The monoisotopic (exact) mass is 499 g/mol. The molecule has 8 heteroatoms. The molecule has 5 rings (SSSR count). The molecule has 2 heterocycles. The van der Waals surface area contributed by atoms with Crippen molar-refractivity contribution >= 4 is 17.5 Å². The van der Waals surface area contributed by atoms with Crippen molar-refractivity contribution < 1.29 is 23.8 Å². The number of rotatable bonds is 7. The topological polar surface area (TPSA) is 80.7 Å². The van der Waals surface area contributed by atoms with E-state index < -0.39 is 0 Å². The maximum Gasteiger partial charge on any atom is 0.281 e. The van der Waals surface area contributed by atoms with Crippen LogP contribution < -0.4 is 9.47 Å². The molecule has 2 amide bonds. The first-order valence-electron chi connectivity index (χ1n) is 12.3. The van der Waals surface area contributed by atoms with E-state index >= 15 is 0 Å². The van der Waals surface area contributed by atoms with Crippen molar-refractivity contribution in [2.45, 2.75) is 12.5 Å². The van der Waals surface area contributed by atoms with Crippen molar-refractivity contribution in [3.05, 3.63) is 95.6 Å². The van der Waals surface area contributed by atoms with Gasteiger partial charge in [0.2, 0.25) is 0 Å². The van der Waals surface area contributed by atoms with Crippen LogP contribution in [0.4, 0.5) is 0 Å². The molecule has 0 aliphatic carbocycles. The summed E-state index contributed by atoms with van der Waals surface area (Å²) in [6.07, 6.45) is 0.578. The molecule has 3 aromatic rings.